The first-order valence-electron chi connectivity index (χ1n) is 11.7. The third-order valence-corrected chi connectivity index (χ3v) is 5.76. The molecule has 0 bridgehead atoms. The van der Waals surface area contributed by atoms with E-state index in [9.17, 15) is 4.39 Å². The summed E-state index contributed by atoms with van der Waals surface area (Å²) in [4.78, 5) is 12.7. The van der Waals surface area contributed by atoms with Gasteiger partial charge in [0.15, 0.2) is 0 Å². The Bertz CT molecular complexity index is 1090. The highest BCUT2D eigenvalue weighted by Gasteiger charge is 2.29. The van der Waals surface area contributed by atoms with Gasteiger partial charge in [-0.25, -0.2) is 14.4 Å². The van der Waals surface area contributed by atoms with E-state index in [-0.39, 0.29) is 24.3 Å². The molecule has 1 aromatic carbocycles. The van der Waals surface area contributed by atoms with Crippen molar-refractivity contribution in [1.82, 2.24) is 20.3 Å². The van der Waals surface area contributed by atoms with Gasteiger partial charge in [0.05, 0.1) is 11.4 Å². The highest BCUT2D eigenvalue weighted by Crippen LogP contribution is 2.38. The van der Waals surface area contributed by atoms with Crippen LogP contribution in [0.15, 0.2) is 42.7 Å². The smallest absolute Gasteiger partial charge is 0.220 e. The zero-order chi connectivity index (χ0) is 24.5. The summed E-state index contributed by atoms with van der Waals surface area (Å²) in [5.74, 6) is -0.0397. The molecule has 1 aliphatic heterocycles. The summed E-state index contributed by atoms with van der Waals surface area (Å²) in [5, 5.41) is 19.3. The zero-order valence-corrected chi connectivity index (χ0v) is 19.8. The van der Waals surface area contributed by atoms with Gasteiger partial charge in [-0.3, -0.25) is 4.98 Å². The molecule has 1 unspecified atom stereocenters. The molecule has 1 atom stereocenters. The molecular formula is C26H33FN6O. The van der Waals surface area contributed by atoms with Gasteiger partial charge in [-0.05, 0) is 87.9 Å². The number of fused-ring (bicyclic) bond motifs is 1. The number of hydrogen-bond acceptors (Lipinski definition) is 7. The fourth-order valence-electron chi connectivity index (χ4n) is 4.35. The Balaban J connectivity index is 0.000000348. The molecule has 0 saturated carbocycles. The molecule has 1 aliphatic carbocycles. The molecule has 5 N–H and O–H groups in total. The number of aliphatic hydroxyl groups excluding tert-OH is 1. The van der Waals surface area contributed by atoms with Gasteiger partial charge in [0.1, 0.15) is 5.82 Å². The van der Waals surface area contributed by atoms with Crippen molar-refractivity contribution in [3.05, 3.63) is 71.1 Å². The first-order chi connectivity index (χ1) is 16.4. The van der Waals surface area contributed by atoms with Gasteiger partial charge in [0.2, 0.25) is 5.95 Å². The molecule has 5 rings (SSSR count). The fraction of sp³-hybridized carbons (Fsp3) is 0.385. The van der Waals surface area contributed by atoms with Crippen LogP contribution in [0.25, 0.3) is 11.1 Å². The number of pyridine rings is 1. The lowest BCUT2D eigenvalue weighted by atomic mass is 9.78. The van der Waals surface area contributed by atoms with E-state index in [1.807, 2.05) is 19.1 Å². The van der Waals surface area contributed by atoms with Crippen molar-refractivity contribution in [2.24, 2.45) is 0 Å². The van der Waals surface area contributed by atoms with Crippen molar-refractivity contribution in [2.75, 3.05) is 25.4 Å². The van der Waals surface area contributed by atoms with E-state index in [4.69, 9.17) is 16.2 Å². The number of nitrogens with zero attached hydrogens (tertiary/aromatic N) is 3. The quantitative estimate of drug-likeness (QED) is 0.454. The van der Waals surface area contributed by atoms with Crippen LogP contribution >= 0.6 is 0 Å². The van der Waals surface area contributed by atoms with E-state index in [0.29, 0.717) is 18.6 Å². The summed E-state index contributed by atoms with van der Waals surface area (Å²) in [6, 6.07) is 8.55. The maximum absolute atomic E-state index is 13.9. The molecule has 0 spiro atoms. The lowest BCUT2D eigenvalue weighted by Crippen LogP contribution is -2.23. The monoisotopic (exact) mass is 464 g/mol. The second-order valence-electron chi connectivity index (χ2n) is 8.32. The van der Waals surface area contributed by atoms with Crippen LogP contribution in [0.1, 0.15) is 54.6 Å². The molecule has 0 amide bonds. The summed E-state index contributed by atoms with van der Waals surface area (Å²) < 4.78 is 13.9. The molecule has 3 aromatic rings. The van der Waals surface area contributed by atoms with Gasteiger partial charge >= 0.3 is 0 Å². The summed E-state index contributed by atoms with van der Waals surface area (Å²) >= 11 is 0. The van der Waals surface area contributed by atoms with Crippen LogP contribution in [0.5, 0.6) is 0 Å². The molecular weight excluding hydrogens is 431 g/mol. The van der Waals surface area contributed by atoms with Gasteiger partial charge in [0, 0.05) is 35.8 Å². The Kier molecular flexibility index (Phi) is 9.18. The van der Waals surface area contributed by atoms with Crippen molar-refractivity contribution >= 4 is 11.7 Å². The number of aromatic nitrogens is 3. The van der Waals surface area contributed by atoms with Crippen molar-refractivity contribution < 1.29 is 9.50 Å². The van der Waals surface area contributed by atoms with Crippen molar-refractivity contribution in [3.63, 3.8) is 0 Å². The second-order valence-corrected chi connectivity index (χ2v) is 8.32. The summed E-state index contributed by atoms with van der Waals surface area (Å²) in [6.07, 6.45) is 7.40. The molecule has 34 heavy (non-hydrogen) atoms. The normalized spacial score (nSPS) is 16.6. The minimum absolute atomic E-state index is 0.0273. The predicted octanol–water partition coefficient (Wildman–Crippen LogP) is 4.03. The predicted molar refractivity (Wildman–Crippen MR) is 134 cm³/mol. The van der Waals surface area contributed by atoms with Gasteiger partial charge in [0.25, 0.3) is 0 Å². The Labute approximate surface area is 200 Å². The first-order valence-corrected chi connectivity index (χ1v) is 11.7. The molecule has 7 nitrogen and oxygen atoms in total. The standard InChI is InChI=1S/C20H18FN5.C4H9N.C2H6O/c1-11-19-17(22)7-13(8-18(19)26-20(23)25-11)15-5-4-14(21)9-16(15)12-3-2-6-24-10-12;1-2-4-5-3-1;1-2-3/h2-6,9-10,13,22H,7-8H2,1H3,(H2,23,25,26);5H,1-4H2;3H,2H2,1H3. The van der Waals surface area contributed by atoms with E-state index in [1.54, 1.807) is 25.4 Å². The van der Waals surface area contributed by atoms with Gasteiger partial charge in [-0.15, -0.1) is 0 Å². The average Bonchev–Trinajstić information content (AvgIpc) is 3.40. The molecule has 2 aromatic heterocycles. The average molecular weight is 465 g/mol. The topological polar surface area (TPSA) is 121 Å². The minimum atomic E-state index is -0.290. The molecule has 1 saturated heterocycles. The van der Waals surface area contributed by atoms with Crippen LogP contribution in [0.3, 0.4) is 0 Å². The van der Waals surface area contributed by atoms with Gasteiger partial charge < -0.3 is 21.6 Å². The number of benzene rings is 1. The van der Waals surface area contributed by atoms with Crippen molar-refractivity contribution in [3.8, 4) is 11.1 Å². The zero-order valence-electron chi connectivity index (χ0n) is 19.8. The molecule has 0 radical (unpaired) electrons. The fourth-order valence-corrected chi connectivity index (χ4v) is 4.35. The number of hydrogen-bond donors (Lipinski definition) is 4. The Hall–Kier alpha value is -3.23. The molecule has 3 heterocycles. The van der Waals surface area contributed by atoms with E-state index >= 15 is 0 Å². The number of nitrogen functional groups attached to an aromatic ring is 1. The van der Waals surface area contributed by atoms with E-state index in [1.165, 1.54) is 38.1 Å². The lowest BCUT2D eigenvalue weighted by Gasteiger charge is -2.27. The SMILES string of the molecule is C1CCNC1.CCO.Cc1nc(N)nc2c1C(=N)CC(c1ccc(F)cc1-c1cccnc1)C2. The number of nitrogens with two attached hydrogens (primary N) is 1. The largest absolute Gasteiger partial charge is 0.397 e. The van der Waals surface area contributed by atoms with E-state index in [2.05, 4.69) is 20.3 Å². The number of nitrogens with one attached hydrogen (secondary N) is 2. The molecule has 8 heteroatoms. The maximum atomic E-state index is 13.9. The summed E-state index contributed by atoms with van der Waals surface area (Å²) in [7, 11) is 0. The van der Waals surface area contributed by atoms with Crippen LogP contribution in [0.4, 0.5) is 10.3 Å². The minimum Gasteiger partial charge on any atom is -0.397 e. The van der Waals surface area contributed by atoms with E-state index in [0.717, 1.165) is 33.6 Å². The summed E-state index contributed by atoms with van der Waals surface area (Å²) in [6.45, 7) is 6.28. The maximum Gasteiger partial charge on any atom is 0.220 e. The summed E-state index contributed by atoms with van der Waals surface area (Å²) in [5.41, 5.74) is 11.3. The van der Waals surface area contributed by atoms with Crippen molar-refractivity contribution in [2.45, 2.75) is 45.4 Å². The number of rotatable bonds is 2. The lowest BCUT2D eigenvalue weighted by molar-refractivity contribution is 0.318. The number of aryl methyl sites for hydroxylation is 1. The third-order valence-electron chi connectivity index (χ3n) is 5.76. The number of halogens is 1. The van der Waals surface area contributed by atoms with Crippen LogP contribution < -0.4 is 11.1 Å². The van der Waals surface area contributed by atoms with Crippen LogP contribution in [0.2, 0.25) is 0 Å². The van der Waals surface area contributed by atoms with Gasteiger partial charge in [-0.1, -0.05) is 12.1 Å². The number of aliphatic hydroxyl groups is 1. The van der Waals surface area contributed by atoms with Gasteiger partial charge in [-0.2, -0.15) is 0 Å². The Morgan fingerprint density at radius 3 is 2.53 bits per heavy atom. The highest BCUT2D eigenvalue weighted by molar-refractivity contribution is 6.01. The molecule has 2 aliphatic rings. The Morgan fingerprint density at radius 2 is 1.91 bits per heavy atom. The highest BCUT2D eigenvalue weighted by atomic mass is 19.1. The second kappa shape index (κ2) is 12.3. The van der Waals surface area contributed by atoms with Crippen LogP contribution in [-0.4, -0.2) is 45.5 Å². The molecule has 1 fully saturated rings. The Morgan fingerprint density at radius 1 is 1.18 bits per heavy atom. The first kappa shape index (κ1) is 25.4. The third kappa shape index (κ3) is 6.42. The van der Waals surface area contributed by atoms with Crippen molar-refractivity contribution in [1.29, 1.82) is 5.41 Å². The van der Waals surface area contributed by atoms with E-state index < -0.39 is 0 Å². The number of anilines is 1. The van der Waals surface area contributed by atoms with Crippen LogP contribution in [0, 0.1) is 18.2 Å². The molecule has 180 valence electrons. The van der Waals surface area contributed by atoms with Crippen LogP contribution in [-0.2, 0) is 6.42 Å².